The molecule has 0 aromatic heterocycles. The summed E-state index contributed by atoms with van der Waals surface area (Å²) in [7, 11) is 1.56. The summed E-state index contributed by atoms with van der Waals surface area (Å²) in [4.78, 5) is 0. The number of nitrogens with zero attached hydrogens (tertiary/aromatic N) is 1. The Labute approximate surface area is 90.6 Å². The molecule has 2 atom stereocenters. The van der Waals surface area contributed by atoms with Gasteiger partial charge in [-0.05, 0) is 6.92 Å². The zero-order valence-electron chi connectivity index (χ0n) is 6.84. The van der Waals surface area contributed by atoms with E-state index in [0.717, 1.165) is 0 Å². The van der Waals surface area contributed by atoms with Gasteiger partial charge >= 0.3 is 0 Å². The van der Waals surface area contributed by atoms with E-state index >= 15 is 0 Å². The van der Waals surface area contributed by atoms with Crippen LogP contribution in [0.4, 0.5) is 0 Å². The van der Waals surface area contributed by atoms with Crippen LogP contribution in [-0.4, -0.2) is 22.6 Å². The molecule has 0 bridgehead atoms. The SMILES string of the molecule is COC1=C(Cl)C(C)N(I)C(N)N1. The molecule has 0 radical (unpaired) electrons. The maximum Gasteiger partial charge on any atom is 0.205 e. The van der Waals surface area contributed by atoms with Gasteiger partial charge in [0.2, 0.25) is 5.88 Å². The van der Waals surface area contributed by atoms with Crippen LogP contribution < -0.4 is 11.1 Å². The molecule has 0 aromatic rings. The summed E-state index contributed by atoms with van der Waals surface area (Å²) in [6, 6.07) is 0.0819. The van der Waals surface area contributed by atoms with Crippen LogP contribution in [0.5, 0.6) is 0 Å². The van der Waals surface area contributed by atoms with Crippen LogP contribution in [0.15, 0.2) is 10.9 Å². The van der Waals surface area contributed by atoms with E-state index in [1.165, 1.54) is 0 Å². The fourth-order valence-electron chi connectivity index (χ4n) is 0.960. The van der Waals surface area contributed by atoms with Crippen molar-refractivity contribution in [3.8, 4) is 0 Å². The summed E-state index contributed by atoms with van der Waals surface area (Å²) in [5.74, 6) is 0.560. The van der Waals surface area contributed by atoms with Gasteiger partial charge in [0.15, 0.2) is 0 Å². The Hall–Kier alpha value is 0.280. The maximum atomic E-state index is 5.98. The third kappa shape index (κ3) is 1.78. The van der Waals surface area contributed by atoms with Crippen LogP contribution in [0.1, 0.15) is 6.92 Å². The Balaban J connectivity index is 2.87. The van der Waals surface area contributed by atoms with Gasteiger partial charge in [0.25, 0.3) is 0 Å². The molecule has 2 unspecified atom stereocenters. The van der Waals surface area contributed by atoms with Crippen LogP contribution in [0.25, 0.3) is 0 Å². The summed E-state index contributed by atoms with van der Waals surface area (Å²) >= 11 is 8.11. The van der Waals surface area contributed by atoms with Crippen molar-refractivity contribution in [2.45, 2.75) is 19.3 Å². The fourth-order valence-corrected chi connectivity index (χ4v) is 1.78. The molecule has 3 N–H and O–H groups in total. The summed E-state index contributed by atoms with van der Waals surface area (Å²) in [5.41, 5.74) is 5.73. The molecule has 0 fully saturated rings. The Bertz CT molecular complexity index is 211. The van der Waals surface area contributed by atoms with E-state index in [2.05, 4.69) is 28.2 Å². The predicted octanol–water partition coefficient (Wildman–Crippen LogP) is 0.927. The van der Waals surface area contributed by atoms with E-state index in [-0.39, 0.29) is 12.3 Å². The molecule has 0 spiro atoms. The Morgan fingerprint density at radius 2 is 2.33 bits per heavy atom. The van der Waals surface area contributed by atoms with Gasteiger partial charge in [0.05, 0.1) is 18.2 Å². The number of methoxy groups -OCH3 is 1. The van der Waals surface area contributed by atoms with Crippen molar-refractivity contribution >= 4 is 34.5 Å². The fraction of sp³-hybridized carbons (Fsp3) is 0.667. The molecule has 12 heavy (non-hydrogen) atoms. The first kappa shape index (κ1) is 10.4. The Morgan fingerprint density at radius 3 is 2.83 bits per heavy atom. The first-order valence-corrected chi connectivity index (χ1v) is 4.82. The second-order valence-corrected chi connectivity index (χ2v) is 4.01. The maximum absolute atomic E-state index is 5.98. The van der Waals surface area contributed by atoms with Gasteiger partial charge in [-0.25, -0.2) is 3.11 Å². The summed E-state index contributed by atoms with van der Waals surface area (Å²) in [6.45, 7) is 1.97. The summed E-state index contributed by atoms with van der Waals surface area (Å²) in [5, 5.41) is 3.56. The molecule has 0 saturated carbocycles. The lowest BCUT2D eigenvalue weighted by molar-refractivity contribution is 0.186. The molecule has 1 aliphatic heterocycles. The monoisotopic (exact) mass is 303 g/mol. The molecule has 0 saturated heterocycles. The second kappa shape index (κ2) is 3.99. The number of nitrogens with two attached hydrogens (primary N) is 1. The van der Waals surface area contributed by atoms with E-state index in [4.69, 9.17) is 22.1 Å². The van der Waals surface area contributed by atoms with Crippen LogP contribution in [0.3, 0.4) is 0 Å². The molecule has 0 aliphatic carbocycles. The molecule has 1 rings (SSSR count). The number of halogens is 2. The van der Waals surface area contributed by atoms with Gasteiger partial charge in [0, 0.05) is 22.9 Å². The number of ether oxygens (including phenoxy) is 1. The lowest BCUT2D eigenvalue weighted by atomic mass is 10.3. The average molecular weight is 304 g/mol. The number of hydrogen-bond acceptors (Lipinski definition) is 4. The summed E-state index contributed by atoms with van der Waals surface area (Å²) in [6.07, 6.45) is -0.252. The zero-order valence-corrected chi connectivity index (χ0v) is 9.76. The molecular weight excluding hydrogens is 292 g/mol. The van der Waals surface area contributed by atoms with Crippen LogP contribution in [0, 0.1) is 0 Å². The van der Waals surface area contributed by atoms with Crippen molar-refractivity contribution < 1.29 is 4.74 Å². The van der Waals surface area contributed by atoms with E-state index < -0.39 is 0 Å². The van der Waals surface area contributed by atoms with Crippen molar-refractivity contribution in [1.29, 1.82) is 0 Å². The van der Waals surface area contributed by atoms with Gasteiger partial charge in [-0.1, -0.05) is 11.6 Å². The number of nitrogens with one attached hydrogen (secondary N) is 1. The Kier molecular flexibility index (Phi) is 3.45. The van der Waals surface area contributed by atoms with Crippen molar-refractivity contribution in [3.05, 3.63) is 10.9 Å². The molecule has 6 heteroatoms. The van der Waals surface area contributed by atoms with E-state index in [9.17, 15) is 0 Å². The van der Waals surface area contributed by atoms with E-state index in [1.54, 1.807) is 7.11 Å². The minimum Gasteiger partial charge on any atom is -0.482 e. The first-order chi connectivity index (χ1) is 5.57. The van der Waals surface area contributed by atoms with Crippen LogP contribution in [-0.2, 0) is 4.74 Å². The average Bonchev–Trinajstić information content (AvgIpc) is 2.08. The number of rotatable bonds is 1. The molecule has 1 aliphatic rings. The van der Waals surface area contributed by atoms with E-state index in [1.807, 2.05) is 10.0 Å². The van der Waals surface area contributed by atoms with Gasteiger partial charge < -0.3 is 10.1 Å². The van der Waals surface area contributed by atoms with Crippen molar-refractivity contribution in [2.24, 2.45) is 5.73 Å². The highest BCUT2D eigenvalue weighted by atomic mass is 127. The minimum atomic E-state index is -0.252. The van der Waals surface area contributed by atoms with Gasteiger partial charge in [-0.15, -0.1) is 0 Å². The highest BCUT2D eigenvalue weighted by Crippen LogP contribution is 2.25. The summed E-state index contributed by atoms with van der Waals surface area (Å²) < 4.78 is 6.91. The topological polar surface area (TPSA) is 50.5 Å². The third-order valence-corrected chi connectivity index (χ3v) is 3.63. The lowest BCUT2D eigenvalue weighted by Gasteiger charge is -2.34. The smallest absolute Gasteiger partial charge is 0.205 e. The Morgan fingerprint density at radius 1 is 1.75 bits per heavy atom. The molecule has 0 amide bonds. The highest BCUT2D eigenvalue weighted by molar-refractivity contribution is 14.1. The van der Waals surface area contributed by atoms with E-state index in [0.29, 0.717) is 10.9 Å². The highest BCUT2D eigenvalue weighted by Gasteiger charge is 2.29. The largest absolute Gasteiger partial charge is 0.482 e. The van der Waals surface area contributed by atoms with Crippen molar-refractivity contribution in [1.82, 2.24) is 8.43 Å². The normalized spacial score (nSPS) is 31.8. The standard InChI is InChI=1S/C6H11ClIN3O/c1-3-4(7)5(12-2)10-6(9)11(3)8/h3,6,10H,9H2,1-2H3. The first-order valence-electron chi connectivity index (χ1n) is 3.47. The zero-order chi connectivity index (χ0) is 9.30. The third-order valence-electron chi connectivity index (χ3n) is 1.70. The van der Waals surface area contributed by atoms with Crippen molar-refractivity contribution in [2.75, 3.05) is 7.11 Å². The quantitative estimate of drug-likeness (QED) is 0.559. The van der Waals surface area contributed by atoms with Gasteiger partial charge in [-0.3, -0.25) is 5.73 Å². The predicted molar refractivity (Wildman–Crippen MR) is 56.3 cm³/mol. The lowest BCUT2D eigenvalue weighted by Crippen LogP contribution is -2.54. The van der Waals surface area contributed by atoms with Gasteiger partial charge in [-0.2, -0.15) is 0 Å². The number of hydrogen-bond donors (Lipinski definition) is 2. The van der Waals surface area contributed by atoms with Crippen LogP contribution in [0.2, 0.25) is 0 Å². The van der Waals surface area contributed by atoms with Crippen molar-refractivity contribution in [3.63, 3.8) is 0 Å². The molecule has 0 aromatic carbocycles. The molecule has 1 heterocycles. The molecule has 70 valence electrons. The minimum absolute atomic E-state index is 0.0819. The van der Waals surface area contributed by atoms with Crippen LogP contribution >= 0.6 is 34.5 Å². The molecule has 4 nitrogen and oxygen atoms in total. The van der Waals surface area contributed by atoms with Gasteiger partial charge in [0.1, 0.15) is 6.29 Å². The molecular formula is C6H11ClIN3O. The second-order valence-electron chi connectivity index (χ2n) is 2.49.